The summed E-state index contributed by atoms with van der Waals surface area (Å²) in [5, 5.41) is 2.95. The number of hydrogen-bond acceptors (Lipinski definition) is 2. The molecule has 2 rings (SSSR count). The molecule has 1 atom stereocenters. The number of amides is 1. The molecule has 0 aliphatic heterocycles. The Morgan fingerprint density at radius 3 is 2.45 bits per heavy atom. The average molecular weight is 278 g/mol. The molecule has 0 bridgehead atoms. The zero-order valence-electron chi connectivity index (χ0n) is 12.2. The first-order valence-electron chi connectivity index (χ1n) is 7.22. The summed E-state index contributed by atoms with van der Waals surface area (Å²) < 4.78 is 13.0. The summed E-state index contributed by atoms with van der Waals surface area (Å²) in [6.07, 6.45) is 2.74. The minimum Gasteiger partial charge on any atom is -0.354 e. The number of benzene rings is 1. The normalized spacial score (nSPS) is 17.9. The van der Waals surface area contributed by atoms with Gasteiger partial charge in [-0.2, -0.15) is 0 Å². The van der Waals surface area contributed by atoms with Crippen LogP contribution in [0.5, 0.6) is 0 Å². The number of carbonyl (C=O) groups is 1. The van der Waals surface area contributed by atoms with Gasteiger partial charge in [-0.25, -0.2) is 4.39 Å². The van der Waals surface area contributed by atoms with E-state index in [0.717, 1.165) is 18.4 Å². The van der Waals surface area contributed by atoms with E-state index in [-0.39, 0.29) is 17.1 Å². The lowest BCUT2D eigenvalue weighted by atomic mass is 9.95. The summed E-state index contributed by atoms with van der Waals surface area (Å²) >= 11 is 0. The van der Waals surface area contributed by atoms with E-state index in [1.165, 1.54) is 12.1 Å². The topological polar surface area (TPSA) is 55.1 Å². The quantitative estimate of drug-likeness (QED) is 0.839. The van der Waals surface area contributed by atoms with E-state index < -0.39 is 6.04 Å². The summed E-state index contributed by atoms with van der Waals surface area (Å²) in [6, 6.07) is 6.12. The van der Waals surface area contributed by atoms with Crippen LogP contribution in [0.3, 0.4) is 0 Å². The van der Waals surface area contributed by atoms with Gasteiger partial charge in [-0.1, -0.05) is 26.0 Å². The summed E-state index contributed by atoms with van der Waals surface area (Å²) in [5.41, 5.74) is 6.95. The Morgan fingerprint density at radius 1 is 1.35 bits per heavy atom. The van der Waals surface area contributed by atoms with Gasteiger partial charge in [0, 0.05) is 12.0 Å². The first-order chi connectivity index (χ1) is 9.43. The smallest absolute Gasteiger partial charge is 0.236 e. The van der Waals surface area contributed by atoms with Crippen molar-refractivity contribution < 1.29 is 9.18 Å². The molecule has 3 N–H and O–H groups in total. The second-order valence-electron chi connectivity index (χ2n) is 6.24. The Kier molecular flexibility index (Phi) is 4.43. The number of nitrogens with two attached hydrogens (primary N) is 1. The molecule has 0 unspecified atom stereocenters. The SMILES string of the molecule is CC(C)C[C@H](N)C(=O)NCC1(c2ccc(F)cc2)CC1. The molecule has 20 heavy (non-hydrogen) atoms. The van der Waals surface area contributed by atoms with Crippen molar-refractivity contribution in [2.45, 2.75) is 44.6 Å². The van der Waals surface area contributed by atoms with Crippen LogP contribution < -0.4 is 11.1 Å². The van der Waals surface area contributed by atoms with Gasteiger partial charge in [0.15, 0.2) is 0 Å². The van der Waals surface area contributed by atoms with Crippen molar-refractivity contribution >= 4 is 5.91 Å². The predicted octanol–water partition coefficient (Wildman–Crippen LogP) is 2.35. The Morgan fingerprint density at radius 2 is 1.95 bits per heavy atom. The number of rotatable bonds is 6. The van der Waals surface area contributed by atoms with Crippen molar-refractivity contribution in [3.63, 3.8) is 0 Å². The minimum atomic E-state index is -0.445. The van der Waals surface area contributed by atoms with Crippen LogP contribution in [0.15, 0.2) is 24.3 Å². The molecule has 1 aliphatic carbocycles. The molecular formula is C16H23FN2O. The summed E-state index contributed by atoms with van der Waals surface area (Å²) in [7, 11) is 0. The highest BCUT2D eigenvalue weighted by molar-refractivity contribution is 5.81. The number of halogens is 1. The number of hydrogen-bond donors (Lipinski definition) is 2. The van der Waals surface area contributed by atoms with Crippen molar-refractivity contribution in [1.82, 2.24) is 5.32 Å². The van der Waals surface area contributed by atoms with Gasteiger partial charge >= 0.3 is 0 Å². The lowest BCUT2D eigenvalue weighted by Gasteiger charge is -2.19. The first-order valence-corrected chi connectivity index (χ1v) is 7.22. The van der Waals surface area contributed by atoms with Gasteiger partial charge in [0.2, 0.25) is 5.91 Å². The van der Waals surface area contributed by atoms with E-state index in [1.54, 1.807) is 0 Å². The van der Waals surface area contributed by atoms with Crippen molar-refractivity contribution in [1.29, 1.82) is 0 Å². The van der Waals surface area contributed by atoms with Crippen molar-refractivity contribution in [3.8, 4) is 0 Å². The summed E-state index contributed by atoms with van der Waals surface area (Å²) in [4.78, 5) is 11.9. The predicted molar refractivity (Wildman–Crippen MR) is 77.8 cm³/mol. The standard InChI is InChI=1S/C16H23FN2O/c1-11(2)9-14(18)15(20)19-10-16(7-8-16)12-3-5-13(17)6-4-12/h3-6,11,14H,7-10,18H2,1-2H3,(H,19,20)/t14-/m0/s1. The van der Waals surface area contributed by atoms with Crippen LogP contribution in [0.2, 0.25) is 0 Å². The molecule has 1 aromatic carbocycles. The van der Waals surface area contributed by atoms with E-state index >= 15 is 0 Å². The highest BCUT2D eigenvalue weighted by Crippen LogP contribution is 2.47. The summed E-state index contributed by atoms with van der Waals surface area (Å²) in [5.74, 6) is 0.0855. The molecule has 0 spiro atoms. The van der Waals surface area contributed by atoms with E-state index in [9.17, 15) is 9.18 Å². The van der Waals surface area contributed by atoms with Gasteiger partial charge < -0.3 is 11.1 Å². The molecule has 1 amide bonds. The molecule has 3 nitrogen and oxygen atoms in total. The third-order valence-corrected chi connectivity index (χ3v) is 3.97. The third kappa shape index (κ3) is 3.57. The molecule has 1 saturated carbocycles. The van der Waals surface area contributed by atoms with Gasteiger partial charge in [0.25, 0.3) is 0 Å². The molecule has 1 aliphatic rings. The van der Waals surface area contributed by atoms with Crippen molar-refractivity contribution in [2.24, 2.45) is 11.7 Å². The minimum absolute atomic E-state index is 0.0130. The Balaban J connectivity index is 1.90. The van der Waals surface area contributed by atoms with Crippen molar-refractivity contribution in [3.05, 3.63) is 35.6 Å². The number of carbonyl (C=O) groups excluding carboxylic acids is 1. The lowest BCUT2D eigenvalue weighted by molar-refractivity contribution is -0.122. The van der Waals surface area contributed by atoms with Crippen LogP contribution in [0.4, 0.5) is 4.39 Å². The highest BCUT2D eigenvalue weighted by atomic mass is 19.1. The van der Waals surface area contributed by atoms with Crippen LogP contribution in [0.25, 0.3) is 0 Å². The monoisotopic (exact) mass is 278 g/mol. The van der Waals surface area contributed by atoms with Crippen LogP contribution >= 0.6 is 0 Å². The van der Waals surface area contributed by atoms with Crippen LogP contribution in [-0.2, 0) is 10.2 Å². The third-order valence-electron chi connectivity index (χ3n) is 3.97. The van der Waals surface area contributed by atoms with E-state index in [0.29, 0.717) is 18.9 Å². The zero-order chi connectivity index (χ0) is 14.8. The maximum Gasteiger partial charge on any atom is 0.236 e. The van der Waals surface area contributed by atoms with Gasteiger partial charge in [-0.05, 0) is 42.9 Å². The second-order valence-corrected chi connectivity index (χ2v) is 6.24. The van der Waals surface area contributed by atoms with E-state index in [1.807, 2.05) is 26.0 Å². The van der Waals surface area contributed by atoms with Gasteiger partial charge in [0.05, 0.1) is 6.04 Å². The Hall–Kier alpha value is -1.42. The molecule has 4 heteroatoms. The van der Waals surface area contributed by atoms with Crippen LogP contribution in [0.1, 0.15) is 38.7 Å². The van der Waals surface area contributed by atoms with Crippen LogP contribution in [-0.4, -0.2) is 18.5 Å². The van der Waals surface area contributed by atoms with Crippen molar-refractivity contribution in [2.75, 3.05) is 6.54 Å². The largest absolute Gasteiger partial charge is 0.354 e. The van der Waals surface area contributed by atoms with Crippen LogP contribution in [0, 0.1) is 11.7 Å². The maximum absolute atomic E-state index is 13.0. The molecule has 0 saturated heterocycles. The van der Waals surface area contributed by atoms with Gasteiger partial charge in [-0.15, -0.1) is 0 Å². The molecule has 1 aromatic rings. The fourth-order valence-electron chi connectivity index (χ4n) is 2.52. The van der Waals surface area contributed by atoms with E-state index in [2.05, 4.69) is 5.32 Å². The van der Waals surface area contributed by atoms with E-state index in [4.69, 9.17) is 5.73 Å². The molecule has 1 fully saturated rings. The fourth-order valence-corrected chi connectivity index (χ4v) is 2.52. The van der Waals surface area contributed by atoms with Gasteiger partial charge in [-0.3, -0.25) is 4.79 Å². The second kappa shape index (κ2) is 5.92. The zero-order valence-corrected chi connectivity index (χ0v) is 12.2. The summed E-state index contributed by atoms with van der Waals surface area (Å²) in [6.45, 7) is 4.69. The fraction of sp³-hybridized carbons (Fsp3) is 0.562. The molecule has 110 valence electrons. The highest BCUT2D eigenvalue weighted by Gasteiger charge is 2.44. The number of nitrogens with one attached hydrogen (secondary N) is 1. The maximum atomic E-state index is 13.0. The molecular weight excluding hydrogens is 255 g/mol. The molecule has 0 aromatic heterocycles. The lowest BCUT2D eigenvalue weighted by Crippen LogP contribution is -2.44. The Labute approximate surface area is 119 Å². The molecule has 0 heterocycles. The first kappa shape index (κ1) is 15.0. The average Bonchev–Trinajstić information content (AvgIpc) is 3.17. The Bertz CT molecular complexity index is 466. The molecule has 0 radical (unpaired) electrons. The van der Waals surface area contributed by atoms with Gasteiger partial charge in [0.1, 0.15) is 5.82 Å².